The SMILES string of the molecule is CC1(C)c2ccccc2-c2ccc(-c3cc(-c4ccccc4-c4ccc5c(c4)Oc4c(ccc6c4-c4ccccc4C6(c4ccccc4)c4ccccc4)O5)nc(-c4ccccc4)n3)cc21. The largest absolute Gasteiger partial charge is 0.449 e. The minimum Gasteiger partial charge on any atom is -0.449 e. The molecule has 0 fully saturated rings. The van der Waals surface area contributed by atoms with Crippen molar-refractivity contribution in [1.29, 1.82) is 0 Å². The fraction of sp³-hybridized carbons (Fsp3) is 0.0645. The highest BCUT2D eigenvalue weighted by atomic mass is 16.6. The van der Waals surface area contributed by atoms with E-state index < -0.39 is 5.41 Å². The summed E-state index contributed by atoms with van der Waals surface area (Å²) in [5.74, 6) is 3.43. The molecule has 0 unspecified atom stereocenters. The Labute approximate surface area is 384 Å². The normalized spacial score (nSPS) is 14.1. The molecule has 9 aromatic carbocycles. The van der Waals surface area contributed by atoms with Crippen LogP contribution in [0.1, 0.15) is 47.2 Å². The summed E-state index contributed by atoms with van der Waals surface area (Å²) >= 11 is 0. The summed E-state index contributed by atoms with van der Waals surface area (Å²) < 4.78 is 13.9. The molecule has 0 radical (unpaired) electrons. The van der Waals surface area contributed by atoms with Gasteiger partial charge in [0.15, 0.2) is 28.8 Å². The Balaban J connectivity index is 0.932. The van der Waals surface area contributed by atoms with E-state index in [9.17, 15) is 0 Å². The maximum Gasteiger partial charge on any atom is 0.178 e. The molecule has 0 saturated carbocycles. The molecule has 2 heterocycles. The molecule has 1 aliphatic heterocycles. The summed E-state index contributed by atoms with van der Waals surface area (Å²) in [5, 5.41) is 0. The quantitative estimate of drug-likeness (QED) is 0.167. The van der Waals surface area contributed by atoms with Crippen LogP contribution in [-0.4, -0.2) is 9.97 Å². The summed E-state index contributed by atoms with van der Waals surface area (Å²) in [7, 11) is 0. The van der Waals surface area contributed by atoms with Gasteiger partial charge in [-0.05, 0) is 91.5 Å². The van der Waals surface area contributed by atoms with Crippen molar-refractivity contribution < 1.29 is 9.47 Å². The molecular formula is C62H42N2O2. The molecule has 4 nitrogen and oxygen atoms in total. The van der Waals surface area contributed by atoms with Gasteiger partial charge in [-0.3, -0.25) is 0 Å². The average molecular weight is 847 g/mol. The predicted octanol–water partition coefficient (Wildman–Crippen LogP) is 15.7. The zero-order valence-electron chi connectivity index (χ0n) is 36.5. The minimum atomic E-state index is -0.552. The minimum absolute atomic E-state index is 0.137. The lowest BCUT2D eigenvalue weighted by Gasteiger charge is -2.34. The fourth-order valence-electron chi connectivity index (χ4n) is 11.0. The van der Waals surface area contributed by atoms with Crippen LogP contribution in [0.15, 0.2) is 218 Å². The molecule has 0 atom stereocenters. The van der Waals surface area contributed by atoms with Crippen LogP contribution in [0.2, 0.25) is 0 Å². The monoisotopic (exact) mass is 846 g/mol. The zero-order valence-corrected chi connectivity index (χ0v) is 36.5. The van der Waals surface area contributed by atoms with E-state index >= 15 is 0 Å². The van der Waals surface area contributed by atoms with Crippen LogP contribution in [0.3, 0.4) is 0 Å². The number of ether oxygens (including phenoxy) is 2. The van der Waals surface area contributed by atoms with Gasteiger partial charge >= 0.3 is 0 Å². The predicted molar refractivity (Wildman–Crippen MR) is 265 cm³/mol. The number of rotatable bonds is 6. The van der Waals surface area contributed by atoms with Crippen molar-refractivity contribution in [3.63, 3.8) is 0 Å². The van der Waals surface area contributed by atoms with Gasteiger partial charge in [-0.25, -0.2) is 9.97 Å². The van der Waals surface area contributed by atoms with E-state index in [1.807, 2.05) is 24.3 Å². The second-order valence-electron chi connectivity index (χ2n) is 18.0. The lowest BCUT2D eigenvalue weighted by Crippen LogP contribution is -2.28. The van der Waals surface area contributed by atoms with Gasteiger partial charge in [-0.2, -0.15) is 0 Å². The van der Waals surface area contributed by atoms with Gasteiger partial charge in [0.05, 0.1) is 16.8 Å². The first-order chi connectivity index (χ1) is 32.5. The number of hydrogen-bond acceptors (Lipinski definition) is 4. The van der Waals surface area contributed by atoms with Crippen molar-refractivity contribution in [2.24, 2.45) is 0 Å². The topological polar surface area (TPSA) is 44.2 Å². The van der Waals surface area contributed by atoms with Gasteiger partial charge in [-0.15, -0.1) is 0 Å². The highest BCUT2D eigenvalue weighted by Gasteiger charge is 2.48. The summed E-state index contributed by atoms with van der Waals surface area (Å²) in [4.78, 5) is 10.5. The van der Waals surface area contributed by atoms with E-state index in [4.69, 9.17) is 19.4 Å². The number of fused-ring (bicyclic) bond motifs is 9. The van der Waals surface area contributed by atoms with Crippen LogP contribution in [0, 0.1) is 0 Å². The first kappa shape index (κ1) is 38.1. The zero-order chi connectivity index (χ0) is 44.0. The van der Waals surface area contributed by atoms with Gasteiger partial charge in [0.2, 0.25) is 0 Å². The molecular weight excluding hydrogens is 805 g/mol. The van der Waals surface area contributed by atoms with Crippen molar-refractivity contribution in [2.45, 2.75) is 24.7 Å². The van der Waals surface area contributed by atoms with Crippen LogP contribution >= 0.6 is 0 Å². The number of benzene rings is 9. The van der Waals surface area contributed by atoms with Crippen LogP contribution in [0.25, 0.3) is 67.3 Å². The number of hydrogen-bond donors (Lipinski definition) is 0. The first-order valence-corrected chi connectivity index (χ1v) is 22.6. The third kappa shape index (κ3) is 5.64. The molecule has 66 heavy (non-hydrogen) atoms. The molecule has 13 rings (SSSR count). The van der Waals surface area contributed by atoms with Gasteiger partial charge in [0.25, 0.3) is 0 Å². The summed E-state index contributed by atoms with van der Waals surface area (Å²) in [6.07, 6.45) is 0. The highest BCUT2D eigenvalue weighted by Crippen LogP contribution is 2.62. The molecule has 0 bridgehead atoms. The van der Waals surface area contributed by atoms with Crippen LogP contribution in [-0.2, 0) is 10.8 Å². The van der Waals surface area contributed by atoms with Crippen LogP contribution in [0.4, 0.5) is 0 Å². The van der Waals surface area contributed by atoms with Crippen molar-refractivity contribution in [3.05, 3.63) is 252 Å². The molecule has 4 heteroatoms. The molecule has 3 aliphatic rings. The summed E-state index contributed by atoms with van der Waals surface area (Å²) in [6, 6.07) is 77.4. The van der Waals surface area contributed by atoms with Gasteiger partial charge in [-0.1, -0.05) is 202 Å². The van der Waals surface area contributed by atoms with Gasteiger partial charge in [0.1, 0.15) is 0 Å². The average Bonchev–Trinajstić information content (AvgIpc) is 3.82. The Morgan fingerprint density at radius 3 is 1.67 bits per heavy atom. The second-order valence-corrected chi connectivity index (χ2v) is 18.0. The molecule has 2 aliphatic carbocycles. The lowest BCUT2D eigenvalue weighted by molar-refractivity contribution is 0.360. The smallest absolute Gasteiger partial charge is 0.178 e. The Bertz CT molecular complexity index is 3520. The van der Waals surface area contributed by atoms with Crippen molar-refractivity contribution in [3.8, 4) is 90.3 Å². The molecule has 0 N–H and O–H groups in total. The maximum atomic E-state index is 7.13. The first-order valence-electron chi connectivity index (χ1n) is 22.6. The van der Waals surface area contributed by atoms with E-state index in [-0.39, 0.29) is 5.41 Å². The van der Waals surface area contributed by atoms with E-state index in [1.54, 1.807) is 0 Å². The Kier molecular flexibility index (Phi) is 8.44. The van der Waals surface area contributed by atoms with Crippen molar-refractivity contribution in [1.82, 2.24) is 9.97 Å². The standard InChI is InChI=1S/C62H42N2O2/c1-61(2)49-28-16-14-25-45(49)46-32-30-41(36-52(46)61)53-38-54(64-60(63-53)39-18-6-3-7-19-39)47-26-13-12-24-44(47)40-31-34-55-57(37-40)66-59-56(65-55)35-33-51-58(59)48-27-15-17-29-50(48)62(51,42-20-8-4-9-21-42)43-22-10-5-11-23-43/h3-38H,1-2H3. The molecule has 10 aromatic rings. The van der Waals surface area contributed by atoms with Crippen LogP contribution in [0.5, 0.6) is 23.0 Å². The van der Waals surface area contributed by atoms with E-state index in [1.165, 1.54) is 44.5 Å². The maximum absolute atomic E-state index is 7.13. The van der Waals surface area contributed by atoms with Gasteiger partial charge < -0.3 is 9.47 Å². The third-order valence-corrected chi connectivity index (χ3v) is 14.1. The summed E-state index contributed by atoms with van der Waals surface area (Å²) in [5.41, 5.74) is 18.3. The molecule has 1 aromatic heterocycles. The lowest BCUT2D eigenvalue weighted by atomic mass is 9.68. The molecule has 312 valence electrons. The molecule has 0 saturated heterocycles. The Morgan fingerprint density at radius 1 is 0.348 bits per heavy atom. The van der Waals surface area contributed by atoms with Crippen molar-refractivity contribution in [2.75, 3.05) is 0 Å². The van der Waals surface area contributed by atoms with Crippen molar-refractivity contribution >= 4 is 0 Å². The van der Waals surface area contributed by atoms with Gasteiger partial charge in [0, 0.05) is 27.7 Å². The summed E-state index contributed by atoms with van der Waals surface area (Å²) in [6.45, 7) is 4.64. The Hall–Kier alpha value is -8.34. The molecule has 0 spiro atoms. The third-order valence-electron chi connectivity index (χ3n) is 14.1. The second kappa shape index (κ2) is 14.6. The fourth-order valence-corrected chi connectivity index (χ4v) is 11.0. The number of nitrogens with zero attached hydrogens (tertiary/aromatic N) is 2. The Morgan fingerprint density at radius 2 is 0.924 bits per heavy atom. The van der Waals surface area contributed by atoms with E-state index in [0.717, 1.165) is 56.1 Å². The van der Waals surface area contributed by atoms with E-state index in [0.29, 0.717) is 23.1 Å². The van der Waals surface area contributed by atoms with Crippen LogP contribution < -0.4 is 9.47 Å². The van der Waals surface area contributed by atoms with E-state index in [2.05, 4.69) is 208 Å². The number of aromatic nitrogens is 2. The molecule has 0 amide bonds. The highest BCUT2D eigenvalue weighted by molar-refractivity contribution is 5.93.